The Bertz CT molecular complexity index is 6640. The Balaban J connectivity index is 0.863. The van der Waals surface area contributed by atoms with Gasteiger partial charge in [0, 0.05) is 93.9 Å². The molecule has 546 valence electrons. The van der Waals surface area contributed by atoms with Gasteiger partial charge in [-0.25, -0.2) is 59.8 Å². The van der Waals surface area contributed by atoms with E-state index in [0.29, 0.717) is 142 Å². The molecular weight excluding hydrogens is 1440 g/mol. The average Bonchev–Trinajstić information content (AvgIpc) is 1.55. The third-order valence-corrected chi connectivity index (χ3v) is 20.6. The van der Waals surface area contributed by atoms with Crippen LogP contribution in [0.3, 0.4) is 0 Å². The highest BCUT2D eigenvalue weighted by atomic mass is 19.4. The first kappa shape index (κ1) is 69.2. The van der Waals surface area contributed by atoms with E-state index in [1.165, 1.54) is 6.07 Å². The van der Waals surface area contributed by atoms with Gasteiger partial charge in [-0.2, -0.15) is 18.4 Å². The molecule has 14 aromatic carbocycles. The van der Waals surface area contributed by atoms with Crippen molar-refractivity contribution in [2.24, 2.45) is 0 Å². The van der Waals surface area contributed by atoms with E-state index in [1.54, 1.807) is 6.07 Å². The molecule has 0 aliphatic heterocycles. The van der Waals surface area contributed by atoms with Gasteiger partial charge in [0.05, 0.1) is 39.0 Å². The minimum absolute atomic E-state index is 0.128. The lowest BCUT2D eigenvalue weighted by Crippen LogP contribution is -2.08. The minimum Gasteiger partial charge on any atom is -0.308 e. The van der Waals surface area contributed by atoms with Gasteiger partial charge in [0.15, 0.2) is 69.9 Å². The third kappa shape index (κ3) is 12.9. The summed E-state index contributed by atoms with van der Waals surface area (Å²) in [5, 5.41) is 15.5. The van der Waals surface area contributed by atoms with Crippen molar-refractivity contribution in [3.63, 3.8) is 0 Å². The second-order valence-electron chi connectivity index (χ2n) is 27.8. The van der Waals surface area contributed by atoms with E-state index in [1.807, 2.05) is 325 Å². The minimum atomic E-state index is -4.73. The fourth-order valence-corrected chi connectivity index (χ4v) is 15.1. The van der Waals surface area contributed by atoms with Crippen molar-refractivity contribution in [1.82, 2.24) is 68.9 Å². The SMILES string of the molecule is N#Cc1c(-n2c3ccc(-c4nc(-c5ccccc5)nc(-c5ccccc5)n4)cc3c3cc(-c4nc(-c5ccccc5)nc(-c5ccccc5)n4)ccc32)ccc(-c2cccc(C(F)(F)F)c2)c1-n1c2ccc(-c3nc(-c4ccccc4)nc(-c4ccccc4)n3)cc2c2cc(-c3nc(-c4ccccc4)nc(-c4ccccc4)n3)ccc21. The molecule has 0 saturated carbocycles. The molecule has 0 N–H and O–H groups in total. The van der Waals surface area contributed by atoms with E-state index < -0.39 is 11.7 Å². The summed E-state index contributed by atoms with van der Waals surface area (Å²) < 4.78 is 50.1. The van der Waals surface area contributed by atoms with Crippen molar-refractivity contribution >= 4 is 43.6 Å². The molecule has 0 fully saturated rings. The number of benzene rings is 14. The van der Waals surface area contributed by atoms with E-state index in [4.69, 9.17) is 59.8 Å². The third-order valence-electron chi connectivity index (χ3n) is 20.6. The number of alkyl halides is 3. The molecular formula is C98H58F3N15. The van der Waals surface area contributed by atoms with Crippen LogP contribution in [0.4, 0.5) is 13.2 Å². The summed E-state index contributed by atoms with van der Waals surface area (Å²) in [4.78, 5) is 61.6. The van der Waals surface area contributed by atoms with Gasteiger partial charge in [0.25, 0.3) is 0 Å². The maximum absolute atomic E-state index is 15.4. The van der Waals surface area contributed by atoms with E-state index in [9.17, 15) is 5.26 Å². The second kappa shape index (κ2) is 29.0. The molecule has 0 aliphatic carbocycles. The molecule has 0 aliphatic rings. The van der Waals surface area contributed by atoms with Crippen molar-refractivity contribution in [3.8, 4) is 165 Å². The lowest BCUT2D eigenvalue weighted by molar-refractivity contribution is -0.137. The topological polar surface area (TPSA) is 188 Å². The molecule has 0 bridgehead atoms. The van der Waals surface area contributed by atoms with Crippen molar-refractivity contribution < 1.29 is 13.2 Å². The van der Waals surface area contributed by atoms with Gasteiger partial charge >= 0.3 is 6.18 Å². The first-order valence-corrected chi connectivity index (χ1v) is 37.5. The number of nitriles is 1. The molecule has 0 atom stereocenters. The molecule has 0 radical (unpaired) electrons. The van der Waals surface area contributed by atoms with Gasteiger partial charge in [-0.1, -0.05) is 261 Å². The van der Waals surface area contributed by atoms with Crippen LogP contribution < -0.4 is 0 Å². The van der Waals surface area contributed by atoms with Gasteiger partial charge in [-0.3, -0.25) is 0 Å². The number of nitrogens with zero attached hydrogens (tertiary/aromatic N) is 15. The zero-order chi connectivity index (χ0) is 77.8. The number of rotatable bonds is 15. The van der Waals surface area contributed by atoms with Crippen molar-refractivity contribution in [2.75, 3.05) is 0 Å². The Kier molecular flexibility index (Phi) is 17.3. The highest BCUT2D eigenvalue weighted by molar-refractivity contribution is 6.14. The predicted molar refractivity (Wildman–Crippen MR) is 449 cm³/mol. The summed E-state index contributed by atoms with van der Waals surface area (Å²) in [5.74, 6) is 5.29. The summed E-state index contributed by atoms with van der Waals surface area (Å²) >= 11 is 0. The lowest BCUT2D eigenvalue weighted by Gasteiger charge is -2.20. The predicted octanol–water partition coefficient (Wildman–Crippen LogP) is 23.2. The molecule has 0 amide bonds. The number of fused-ring (bicyclic) bond motifs is 6. The monoisotopic (exact) mass is 1500 g/mol. The largest absolute Gasteiger partial charge is 0.416 e. The van der Waals surface area contributed by atoms with E-state index in [0.717, 1.165) is 67.4 Å². The number of aromatic nitrogens is 14. The Morgan fingerprint density at radius 3 is 0.698 bits per heavy atom. The van der Waals surface area contributed by atoms with E-state index >= 15 is 13.2 Å². The fraction of sp³-hybridized carbons (Fsp3) is 0.0102. The zero-order valence-electron chi connectivity index (χ0n) is 61.3. The van der Waals surface area contributed by atoms with Crippen LogP contribution in [0.2, 0.25) is 0 Å². The Labute approximate surface area is 661 Å². The van der Waals surface area contributed by atoms with Crippen LogP contribution in [-0.4, -0.2) is 68.9 Å². The van der Waals surface area contributed by atoms with Crippen molar-refractivity contribution in [1.29, 1.82) is 5.26 Å². The first-order chi connectivity index (χ1) is 57.0. The number of halogens is 3. The van der Waals surface area contributed by atoms with Crippen LogP contribution in [0.15, 0.2) is 352 Å². The highest BCUT2D eigenvalue weighted by Crippen LogP contribution is 2.46. The van der Waals surface area contributed by atoms with Gasteiger partial charge < -0.3 is 9.13 Å². The molecule has 20 rings (SSSR count). The summed E-state index contributed by atoms with van der Waals surface area (Å²) in [6.45, 7) is 0. The van der Waals surface area contributed by atoms with Crippen LogP contribution in [-0.2, 0) is 6.18 Å². The molecule has 20 aromatic rings. The Morgan fingerprint density at radius 1 is 0.224 bits per heavy atom. The molecule has 18 heteroatoms. The van der Waals surface area contributed by atoms with Gasteiger partial charge in [-0.05, 0) is 96.6 Å². The molecule has 0 spiro atoms. The highest BCUT2D eigenvalue weighted by Gasteiger charge is 2.33. The Hall–Kier alpha value is -16.0. The number of hydrogen-bond acceptors (Lipinski definition) is 13. The second-order valence-corrected chi connectivity index (χ2v) is 27.8. The van der Waals surface area contributed by atoms with E-state index in [2.05, 4.69) is 18.2 Å². The zero-order valence-corrected chi connectivity index (χ0v) is 61.3. The van der Waals surface area contributed by atoms with Gasteiger partial charge in [0.1, 0.15) is 11.6 Å². The maximum atomic E-state index is 15.4. The van der Waals surface area contributed by atoms with Crippen LogP contribution in [0.25, 0.3) is 203 Å². The standard InChI is InChI=1S/C98H58F3N15/c99-98(100,101)73-43-25-42-68(54-73)74-48-53-84(115-80-49-44-69(94-107-86(60-26-9-1-10-27-60)103-87(108-94)61-28-11-2-12-29-61)55-75(80)76-56-70(45-50-81(76)115)95-109-88(62-30-13-3-14-31-62)104-89(110-95)63-32-15-4-16-33-63)79(59-102)85(74)116-82-51-46-71(96-111-90(64-34-17-5-18-35-64)105-91(112-96)65-36-19-6-20-37-65)57-77(82)78-58-72(47-52-83(78)116)97-113-92(66-38-21-7-22-39-66)106-93(114-97)67-40-23-8-24-41-67/h1-58H. The molecule has 15 nitrogen and oxygen atoms in total. The van der Waals surface area contributed by atoms with Crippen LogP contribution in [0.1, 0.15) is 11.1 Å². The summed E-state index contributed by atoms with van der Waals surface area (Å²) in [5.41, 5.74) is 11.9. The van der Waals surface area contributed by atoms with Gasteiger partial charge in [0.2, 0.25) is 0 Å². The summed E-state index contributed by atoms with van der Waals surface area (Å²) in [7, 11) is 0. The lowest BCUT2D eigenvalue weighted by atomic mass is 9.96. The molecule has 116 heavy (non-hydrogen) atoms. The first-order valence-electron chi connectivity index (χ1n) is 37.5. The van der Waals surface area contributed by atoms with Crippen molar-refractivity contribution in [2.45, 2.75) is 6.18 Å². The molecule has 0 saturated heterocycles. The molecule has 6 heterocycles. The van der Waals surface area contributed by atoms with Gasteiger partial charge in [-0.15, -0.1) is 0 Å². The summed E-state index contributed by atoms with van der Waals surface area (Å²) in [6.07, 6.45) is -4.73. The number of hydrogen-bond donors (Lipinski definition) is 0. The quantitative estimate of drug-likeness (QED) is 0.0944. The normalized spacial score (nSPS) is 11.6. The van der Waals surface area contributed by atoms with Crippen molar-refractivity contribution in [3.05, 3.63) is 363 Å². The van der Waals surface area contributed by atoms with Crippen LogP contribution >= 0.6 is 0 Å². The van der Waals surface area contributed by atoms with Crippen LogP contribution in [0.5, 0.6) is 0 Å². The van der Waals surface area contributed by atoms with E-state index in [-0.39, 0.29) is 11.1 Å². The Morgan fingerprint density at radius 2 is 0.457 bits per heavy atom. The van der Waals surface area contributed by atoms with Crippen LogP contribution in [0, 0.1) is 11.3 Å². The summed E-state index contributed by atoms with van der Waals surface area (Å²) in [6, 6.07) is 113. The molecule has 0 unspecified atom stereocenters. The molecule has 6 aromatic heterocycles. The average molecular weight is 1500 g/mol. The fourth-order valence-electron chi connectivity index (χ4n) is 15.1. The maximum Gasteiger partial charge on any atom is 0.416 e. The smallest absolute Gasteiger partial charge is 0.308 e.